The number of hydrogen-bond acceptors (Lipinski definition) is 5. The van der Waals surface area contributed by atoms with E-state index in [1.54, 1.807) is 30.5 Å². The number of ether oxygens (including phenoxy) is 2. The molecule has 0 N–H and O–H groups in total. The van der Waals surface area contributed by atoms with Crippen LogP contribution >= 0.6 is 11.3 Å². The largest absolute Gasteiger partial charge is 0.486 e. The van der Waals surface area contributed by atoms with Crippen LogP contribution < -0.4 is 9.47 Å². The van der Waals surface area contributed by atoms with Gasteiger partial charge < -0.3 is 9.47 Å². The van der Waals surface area contributed by atoms with Crippen molar-refractivity contribution in [2.24, 2.45) is 0 Å². The zero-order valence-corrected chi connectivity index (χ0v) is 14.0. The fraction of sp³-hybridized carbons (Fsp3) is 0.333. The first-order chi connectivity index (χ1) is 10.5. The minimum Gasteiger partial charge on any atom is -0.486 e. The van der Waals surface area contributed by atoms with E-state index in [0.29, 0.717) is 31.3 Å². The highest BCUT2D eigenvalue weighted by Crippen LogP contribution is 2.33. The van der Waals surface area contributed by atoms with Crippen molar-refractivity contribution < 1.29 is 17.9 Å². The van der Waals surface area contributed by atoms with E-state index in [0.717, 1.165) is 10.4 Å². The number of aryl methyl sites for hydroxylation is 1. The number of rotatable bonds is 4. The number of sulfonamides is 1. The molecule has 7 heteroatoms. The summed E-state index contributed by atoms with van der Waals surface area (Å²) in [5, 5.41) is 1.97. The molecule has 1 aliphatic rings. The Balaban J connectivity index is 1.87. The molecule has 0 saturated carbocycles. The smallest absolute Gasteiger partial charge is 0.243 e. The molecule has 118 valence electrons. The highest BCUT2D eigenvalue weighted by atomic mass is 32.2. The maximum Gasteiger partial charge on any atom is 0.243 e. The summed E-state index contributed by atoms with van der Waals surface area (Å²) >= 11 is 1.56. The Hall–Kier alpha value is -1.57. The Morgan fingerprint density at radius 2 is 1.91 bits per heavy atom. The molecule has 0 atom stereocenters. The fourth-order valence-electron chi connectivity index (χ4n) is 2.22. The summed E-state index contributed by atoms with van der Waals surface area (Å²) in [6.45, 7) is 3.26. The minimum atomic E-state index is -3.56. The molecule has 22 heavy (non-hydrogen) atoms. The molecule has 0 radical (unpaired) electrons. The zero-order valence-electron chi connectivity index (χ0n) is 12.4. The third-order valence-electron chi connectivity index (χ3n) is 3.56. The van der Waals surface area contributed by atoms with E-state index in [4.69, 9.17) is 9.47 Å². The predicted molar refractivity (Wildman–Crippen MR) is 85.1 cm³/mol. The van der Waals surface area contributed by atoms with Crippen LogP contribution in [0.15, 0.2) is 34.5 Å². The Morgan fingerprint density at radius 1 is 1.18 bits per heavy atom. The van der Waals surface area contributed by atoms with Crippen LogP contribution in [0.1, 0.15) is 10.4 Å². The van der Waals surface area contributed by atoms with E-state index in [1.165, 1.54) is 10.4 Å². The molecule has 1 aliphatic heterocycles. The molecule has 0 fully saturated rings. The molecular formula is C15H17NO4S2. The monoisotopic (exact) mass is 339 g/mol. The lowest BCUT2D eigenvalue weighted by Gasteiger charge is -2.21. The fourth-order valence-corrected chi connectivity index (χ4v) is 4.41. The average Bonchev–Trinajstić information content (AvgIpc) is 2.92. The van der Waals surface area contributed by atoms with Crippen LogP contribution in [0, 0.1) is 6.92 Å². The van der Waals surface area contributed by atoms with Crippen molar-refractivity contribution >= 4 is 21.4 Å². The van der Waals surface area contributed by atoms with Crippen molar-refractivity contribution in [1.29, 1.82) is 0 Å². The first-order valence-electron chi connectivity index (χ1n) is 6.87. The molecule has 0 spiro atoms. The van der Waals surface area contributed by atoms with Crippen LogP contribution in [0.4, 0.5) is 0 Å². The van der Waals surface area contributed by atoms with E-state index >= 15 is 0 Å². The molecule has 1 aromatic heterocycles. The lowest BCUT2D eigenvalue weighted by molar-refractivity contribution is 0.171. The van der Waals surface area contributed by atoms with Gasteiger partial charge in [-0.05, 0) is 36.1 Å². The highest BCUT2D eigenvalue weighted by molar-refractivity contribution is 7.89. The molecule has 1 aromatic carbocycles. The molecule has 2 aromatic rings. The third kappa shape index (κ3) is 2.84. The molecule has 0 bridgehead atoms. The molecule has 5 nitrogen and oxygen atoms in total. The molecule has 0 unspecified atom stereocenters. The lowest BCUT2D eigenvalue weighted by Crippen LogP contribution is -2.26. The Labute approximate surface area is 134 Å². The van der Waals surface area contributed by atoms with Crippen molar-refractivity contribution in [2.75, 3.05) is 20.3 Å². The number of fused-ring (bicyclic) bond motifs is 1. The molecule has 3 rings (SSSR count). The van der Waals surface area contributed by atoms with Gasteiger partial charge in [0, 0.05) is 24.5 Å². The molecule has 0 amide bonds. The summed E-state index contributed by atoms with van der Waals surface area (Å²) in [7, 11) is -1.97. The van der Waals surface area contributed by atoms with Gasteiger partial charge in [0.15, 0.2) is 11.5 Å². The van der Waals surface area contributed by atoms with Gasteiger partial charge >= 0.3 is 0 Å². The minimum absolute atomic E-state index is 0.216. The van der Waals surface area contributed by atoms with Crippen LogP contribution in [-0.2, 0) is 16.6 Å². The summed E-state index contributed by atoms with van der Waals surface area (Å²) in [6.07, 6.45) is 0. The molecular weight excluding hydrogens is 322 g/mol. The van der Waals surface area contributed by atoms with Gasteiger partial charge in [0.2, 0.25) is 10.0 Å². The van der Waals surface area contributed by atoms with Crippen molar-refractivity contribution in [1.82, 2.24) is 4.31 Å². The Kier molecular flexibility index (Phi) is 4.12. The summed E-state index contributed by atoms with van der Waals surface area (Å²) in [4.78, 5) is 1.26. The van der Waals surface area contributed by atoms with E-state index in [2.05, 4.69) is 0 Å². The summed E-state index contributed by atoms with van der Waals surface area (Å²) in [5.74, 6) is 1.06. The maximum absolute atomic E-state index is 12.7. The van der Waals surface area contributed by atoms with Gasteiger partial charge in [0.05, 0.1) is 4.90 Å². The predicted octanol–water partition coefficient (Wildman–Crippen LogP) is 2.65. The Bertz CT molecular complexity index is 783. The lowest BCUT2D eigenvalue weighted by atomic mass is 10.3. The van der Waals surface area contributed by atoms with Gasteiger partial charge in [-0.2, -0.15) is 4.31 Å². The van der Waals surface area contributed by atoms with Crippen LogP contribution in [0.25, 0.3) is 0 Å². The zero-order chi connectivity index (χ0) is 15.7. The molecule has 0 saturated heterocycles. The number of benzene rings is 1. The van der Waals surface area contributed by atoms with Crippen LogP contribution in [-0.4, -0.2) is 33.0 Å². The van der Waals surface area contributed by atoms with Gasteiger partial charge in [-0.3, -0.25) is 0 Å². The second-order valence-electron chi connectivity index (χ2n) is 5.09. The van der Waals surface area contributed by atoms with Crippen molar-refractivity contribution in [3.63, 3.8) is 0 Å². The molecule has 2 heterocycles. The van der Waals surface area contributed by atoms with Crippen molar-refractivity contribution in [3.8, 4) is 11.5 Å². The summed E-state index contributed by atoms with van der Waals surface area (Å²) < 4.78 is 37.6. The van der Waals surface area contributed by atoms with E-state index < -0.39 is 10.0 Å². The molecule has 0 aliphatic carbocycles. The normalized spacial score (nSPS) is 14.3. The SMILES string of the molecule is Cc1ccsc1CN(C)S(=O)(=O)c1ccc2c(c1)OCCO2. The van der Waals surface area contributed by atoms with Gasteiger partial charge in [0.1, 0.15) is 13.2 Å². The van der Waals surface area contributed by atoms with Crippen molar-refractivity contribution in [2.45, 2.75) is 18.4 Å². The van der Waals surface area contributed by atoms with Crippen LogP contribution in [0.2, 0.25) is 0 Å². The van der Waals surface area contributed by atoms with Crippen LogP contribution in [0.3, 0.4) is 0 Å². The average molecular weight is 339 g/mol. The third-order valence-corrected chi connectivity index (χ3v) is 6.36. The van der Waals surface area contributed by atoms with Gasteiger partial charge in [-0.15, -0.1) is 11.3 Å². The second kappa shape index (κ2) is 5.91. The number of hydrogen-bond donors (Lipinski definition) is 0. The van der Waals surface area contributed by atoms with Gasteiger partial charge in [-0.25, -0.2) is 8.42 Å². The first kappa shape index (κ1) is 15.3. The topological polar surface area (TPSA) is 55.8 Å². The number of nitrogens with zero attached hydrogens (tertiary/aromatic N) is 1. The number of thiophene rings is 1. The van der Waals surface area contributed by atoms with Gasteiger partial charge in [0.25, 0.3) is 0 Å². The summed E-state index contributed by atoms with van der Waals surface area (Å²) in [5.41, 5.74) is 1.11. The Morgan fingerprint density at radius 3 is 2.59 bits per heavy atom. The summed E-state index contributed by atoms with van der Waals surface area (Å²) in [6, 6.07) is 6.72. The van der Waals surface area contributed by atoms with E-state index in [1.807, 2.05) is 18.4 Å². The van der Waals surface area contributed by atoms with E-state index in [-0.39, 0.29) is 4.90 Å². The quantitative estimate of drug-likeness (QED) is 0.859. The van der Waals surface area contributed by atoms with Gasteiger partial charge in [-0.1, -0.05) is 0 Å². The first-order valence-corrected chi connectivity index (χ1v) is 9.19. The van der Waals surface area contributed by atoms with Crippen molar-refractivity contribution in [3.05, 3.63) is 40.1 Å². The van der Waals surface area contributed by atoms with Crippen LogP contribution in [0.5, 0.6) is 11.5 Å². The standard InChI is InChI=1S/C15H17NO4S2/c1-11-5-8-21-15(11)10-16(2)22(17,18)12-3-4-13-14(9-12)20-7-6-19-13/h3-5,8-9H,6-7,10H2,1-2H3. The maximum atomic E-state index is 12.7. The highest BCUT2D eigenvalue weighted by Gasteiger charge is 2.24. The van der Waals surface area contributed by atoms with E-state index in [9.17, 15) is 8.42 Å². The second-order valence-corrected chi connectivity index (χ2v) is 8.14.